The molecular formula is C24H29ClN2O5S. The largest absolute Gasteiger partial charge is 0.452 e. The zero-order valence-electron chi connectivity index (χ0n) is 19.2. The van der Waals surface area contributed by atoms with Gasteiger partial charge in [0, 0.05) is 17.1 Å². The lowest BCUT2D eigenvalue weighted by Gasteiger charge is -2.30. The second kappa shape index (κ2) is 11.3. The quantitative estimate of drug-likeness (QED) is 0.359. The Morgan fingerprint density at radius 1 is 1.06 bits per heavy atom. The topological polar surface area (TPSA) is 84.0 Å². The van der Waals surface area contributed by atoms with Gasteiger partial charge in [-0.25, -0.2) is 13.2 Å². The maximum atomic E-state index is 13.3. The molecule has 2 aromatic rings. The number of benzene rings is 2. The Hall–Kier alpha value is -2.84. The van der Waals surface area contributed by atoms with Crippen LogP contribution in [0, 0.1) is 0 Å². The molecule has 178 valence electrons. The number of anilines is 1. The van der Waals surface area contributed by atoms with Crippen molar-refractivity contribution in [2.24, 2.45) is 0 Å². The molecule has 0 aliphatic heterocycles. The number of hydrogen-bond acceptors (Lipinski definition) is 5. The van der Waals surface area contributed by atoms with E-state index >= 15 is 0 Å². The minimum Gasteiger partial charge on any atom is -0.452 e. The van der Waals surface area contributed by atoms with Gasteiger partial charge in [-0.05, 0) is 70.2 Å². The van der Waals surface area contributed by atoms with Crippen molar-refractivity contribution in [1.29, 1.82) is 0 Å². The molecule has 7 nitrogen and oxygen atoms in total. The molecule has 0 atom stereocenters. The highest BCUT2D eigenvalue weighted by Gasteiger charge is 2.26. The number of esters is 1. The highest BCUT2D eigenvalue weighted by atomic mass is 35.5. The van der Waals surface area contributed by atoms with E-state index < -0.39 is 22.6 Å². The highest BCUT2D eigenvalue weighted by molar-refractivity contribution is 7.92. The standard InChI is InChI=1S/C24H29ClN2O5S/c1-6-14-26(21-12-10-20(25)11-13-21)33(30,31)22-9-7-8-19(15-22)24(29)32-16-23(28)27(17(2)3)18(4)5/h6-13,15,17-18H,1,14,16H2,2-5H3. The van der Waals surface area contributed by atoms with E-state index in [2.05, 4.69) is 6.58 Å². The van der Waals surface area contributed by atoms with Crippen molar-refractivity contribution in [2.75, 3.05) is 17.5 Å². The van der Waals surface area contributed by atoms with Gasteiger partial charge in [0.15, 0.2) is 6.61 Å². The molecule has 0 N–H and O–H groups in total. The molecule has 0 unspecified atom stereocenters. The van der Waals surface area contributed by atoms with Gasteiger partial charge in [-0.2, -0.15) is 0 Å². The summed E-state index contributed by atoms with van der Waals surface area (Å²) in [5.74, 6) is -1.10. The lowest BCUT2D eigenvalue weighted by molar-refractivity contribution is -0.138. The minimum atomic E-state index is -4.02. The summed E-state index contributed by atoms with van der Waals surface area (Å²) in [5, 5.41) is 0.475. The number of carbonyl (C=O) groups is 2. The zero-order valence-corrected chi connectivity index (χ0v) is 20.8. The lowest BCUT2D eigenvalue weighted by atomic mass is 10.2. The molecule has 0 radical (unpaired) electrons. The van der Waals surface area contributed by atoms with E-state index in [1.165, 1.54) is 30.3 Å². The molecule has 1 amide bonds. The summed E-state index contributed by atoms with van der Waals surface area (Å²) < 4.78 is 33.0. The van der Waals surface area contributed by atoms with E-state index in [-0.39, 0.29) is 35.0 Å². The molecule has 0 aromatic heterocycles. The van der Waals surface area contributed by atoms with Gasteiger partial charge in [0.2, 0.25) is 0 Å². The molecular weight excluding hydrogens is 464 g/mol. The maximum absolute atomic E-state index is 13.3. The van der Waals surface area contributed by atoms with Crippen LogP contribution >= 0.6 is 11.6 Å². The van der Waals surface area contributed by atoms with Crippen LogP contribution in [0.25, 0.3) is 0 Å². The van der Waals surface area contributed by atoms with E-state index in [0.29, 0.717) is 10.7 Å². The molecule has 2 rings (SSSR count). The number of hydrogen-bond donors (Lipinski definition) is 0. The molecule has 0 bridgehead atoms. The summed E-state index contributed by atoms with van der Waals surface area (Å²) in [7, 11) is -4.02. The molecule has 0 fully saturated rings. The number of ether oxygens (including phenoxy) is 1. The van der Waals surface area contributed by atoms with E-state index in [0.717, 1.165) is 4.31 Å². The van der Waals surface area contributed by atoms with Gasteiger partial charge in [0.1, 0.15) is 0 Å². The van der Waals surface area contributed by atoms with Crippen molar-refractivity contribution in [3.63, 3.8) is 0 Å². The Kier molecular flexibility index (Phi) is 9.07. The van der Waals surface area contributed by atoms with Gasteiger partial charge in [-0.15, -0.1) is 6.58 Å². The van der Waals surface area contributed by atoms with Crippen molar-refractivity contribution in [3.05, 3.63) is 71.8 Å². The first-order valence-corrected chi connectivity index (χ1v) is 12.3. The predicted octanol–water partition coefficient (Wildman–Crippen LogP) is 4.52. The van der Waals surface area contributed by atoms with E-state index in [9.17, 15) is 18.0 Å². The van der Waals surface area contributed by atoms with Crippen LogP contribution in [0.1, 0.15) is 38.1 Å². The third-order valence-electron chi connectivity index (χ3n) is 4.79. The summed E-state index contributed by atoms with van der Waals surface area (Å²) in [6, 6.07) is 11.8. The van der Waals surface area contributed by atoms with Crippen LogP contribution in [0.3, 0.4) is 0 Å². The Labute approximate surface area is 200 Å². The first kappa shape index (κ1) is 26.4. The van der Waals surface area contributed by atoms with Crippen LogP contribution in [0.4, 0.5) is 5.69 Å². The van der Waals surface area contributed by atoms with Crippen molar-refractivity contribution in [2.45, 2.75) is 44.7 Å². The molecule has 0 spiro atoms. The Bertz CT molecular complexity index is 1090. The fraction of sp³-hybridized carbons (Fsp3) is 0.333. The predicted molar refractivity (Wildman–Crippen MR) is 130 cm³/mol. The first-order chi connectivity index (χ1) is 15.5. The Morgan fingerprint density at radius 3 is 2.21 bits per heavy atom. The van der Waals surface area contributed by atoms with Crippen LogP contribution in [-0.2, 0) is 19.6 Å². The van der Waals surface area contributed by atoms with Crippen molar-refractivity contribution in [3.8, 4) is 0 Å². The first-order valence-electron chi connectivity index (χ1n) is 10.5. The molecule has 33 heavy (non-hydrogen) atoms. The third kappa shape index (κ3) is 6.58. The SMILES string of the molecule is C=CCN(c1ccc(Cl)cc1)S(=O)(=O)c1cccc(C(=O)OCC(=O)N(C(C)C)C(C)C)c1. The van der Waals surface area contributed by atoms with Gasteiger partial charge in [0.05, 0.1) is 22.7 Å². The van der Waals surface area contributed by atoms with Gasteiger partial charge in [-0.3, -0.25) is 9.10 Å². The van der Waals surface area contributed by atoms with Gasteiger partial charge in [-0.1, -0.05) is 23.7 Å². The molecule has 0 aliphatic carbocycles. The van der Waals surface area contributed by atoms with Crippen molar-refractivity contribution < 1.29 is 22.7 Å². The van der Waals surface area contributed by atoms with E-state index in [1.807, 2.05) is 27.7 Å². The highest BCUT2D eigenvalue weighted by Crippen LogP contribution is 2.26. The molecule has 0 saturated carbocycles. The molecule has 9 heteroatoms. The average Bonchev–Trinajstić information content (AvgIpc) is 2.76. The summed E-state index contributed by atoms with van der Waals surface area (Å²) >= 11 is 5.92. The summed E-state index contributed by atoms with van der Waals surface area (Å²) in [4.78, 5) is 26.5. The maximum Gasteiger partial charge on any atom is 0.338 e. The lowest BCUT2D eigenvalue weighted by Crippen LogP contribution is -2.44. The normalized spacial score (nSPS) is 11.4. The summed E-state index contributed by atoms with van der Waals surface area (Å²) in [6.07, 6.45) is 1.46. The monoisotopic (exact) mass is 492 g/mol. The number of carbonyl (C=O) groups excluding carboxylic acids is 2. The number of rotatable bonds is 10. The second-order valence-corrected chi connectivity index (χ2v) is 10.2. The van der Waals surface area contributed by atoms with Crippen LogP contribution < -0.4 is 4.31 Å². The number of sulfonamides is 1. The molecule has 0 aliphatic rings. The third-order valence-corrected chi connectivity index (χ3v) is 6.84. The van der Waals surface area contributed by atoms with Gasteiger partial charge >= 0.3 is 5.97 Å². The average molecular weight is 493 g/mol. The summed E-state index contributed by atoms with van der Waals surface area (Å²) in [6.45, 7) is 10.7. The van der Waals surface area contributed by atoms with Crippen LogP contribution in [-0.4, -0.2) is 50.4 Å². The molecule has 0 saturated heterocycles. The van der Waals surface area contributed by atoms with Crippen molar-refractivity contribution >= 4 is 39.2 Å². The Balaban J connectivity index is 2.26. The zero-order chi connectivity index (χ0) is 24.8. The van der Waals surface area contributed by atoms with Gasteiger partial charge < -0.3 is 9.64 Å². The van der Waals surface area contributed by atoms with Crippen LogP contribution in [0.5, 0.6) is 0 Å². The number of amides is 1. The Morgan fingerprint density at radius 2 is 1.67 bits per heavy atom. The fourth-order valence-electron chi connectivity index (χ4n) is 3.44. The smallest absolute Gasteiger partial charge is 0.338 e. The second-order valence-electron chi connectivity index (χ2n) is 7.89. The van der Waals surface area contributed by atoms with E-state index in [4.69, 9.17) is 16.3 Å². The van der Waals surface area contributed by atoms with Crippen LogP contribution in [0.2, 0.25) is 5.02 Å². The molecule has 2 aromatic carbocycles. The number of nitrogens with zero attached hydrogens (tertiary/aromatic N) is 2. The molecule has 0 heterocycles. The van der Waals surface area contributed by atoms with Crippen molar-refractivity contribution in [1.82, 2.24) is 4.90 Å². The van der Waals surface area contributed by atoms with Crippen LogP contribution in [0.15, 0.2) is 66.1 Å². The number of halogens is 1. The summed E-state index contributed by atoms with van der Waals surface area (Å²) in [5.41, 5.74) is 0.430. The van der Waals surface area contributed by atoms with Gasteiger partial charge in [0.25, 0.3) is 15.9 Å². The van der Waals surface area contributed by atoms with E-state index in [1.54, 1.807) is 29.2 Å². The minimum absolute atomic E-state index is 0.0212. The fourth-order valence-corrected chi connectivity index (χ4v) is 5.04.